The van der Waals surface area contributed by atoms with Crippen molar-refractivity contribution < 1.29 is 9.53 Å². The summed E-state index contributed by atoms with van der Waals surface area (Å²) in [5.41, 5.74) is 12.5. The standard InChI is InChI=1S/C26H30N4O2/c27-24-2-1-3-26(24)32-17-22-15-30(29-28-22)16-25(31)23-14-20-9-8-18-4-6-19(7-5-18)10-12-21(23)13-11-20/h4-7,11,13-15,24,26H,1-3,8-10,12,16-17,27H2/t24-,26-/m0/s1. The molecule has 0 unspecified atom stereocenters. The number of benzene rings is 2. The first-order valence-corrected chi connectivity index (χ1v) is 11.6. The summed E-state index contributed by atoms with van der Waals surface area (Å²) in [4.78, 5) is 13.2. The number of hydrogen-bond acceptors (Lipinski definition) is 5. The predicted octanol–water partition coefficient (Wildman–Crippen LogP) is 3.44. The smallest absolute Gasteiger partial charge is 0.184 e. The van der Waals surface area contributed by atoms with Crippen LogP contribution in [0.15, 0.2) is 48.7 Å². The predicted molar refractivity (Wildman–Crippen MR) is 122 cm³/mol. The van der Waals surface area contributed by atoms with Crippen molar-refractivity contribution in [1.29, 1.82) is 0 Å². The number of aryl methyl sites for hydroxylation is 4. The molecular weight excluding hydrogens is 400 g/mol. The van der Waals surface area contributed by atoms with Gasteiger partial charge >= 0.3 is 0 Å². The Hall–Kier alpha value is -2.83. The van der Waals surface area contributed by atoms with Gasteiger partial charge in [0, 0.05) is 11.6 Å². The second-order valence-electron chi connectivity index (χ2n) is 9.08. The van der Waals surface area contributed by atoms with E-state index >= 15 is 0 Å². The van der Waals surface area contributed by atoms with E-state index in [1.165, 1.54) is 16.7 Å². The summed E-state index contributed by atoms with van der Waals surface area (Å²) in [5, 5.41) is 8.34. The molecule has 0 amide bonds. The van der Waals surface area contributed by atoms with Crippen molar-refractivity contribution in [2.24, 2.45) is 5.73 Å². The van der Waals surface area contributed by atoms with Crippen LogP contribution in [0.2, 0.25) is 0 Å². The molecule has 6 heteroatoms. The largest absolute Gasteiger partial charge is 0.370 e. The maximum Gasteiger partial charge on any atom is 0.184 e. The number of Topliss-reactive ketones (excluding diaryl/α,β-unsaturated/α-hetero) is 1. The molecule has 1 aromatic heterocycles. The topological polar surface area (TPSA) is 83.0 Å². The van der Waals surface area contributed by atoms with E-state index in [9.17, 15) is 4.79 Å². The highest BCUT2D eigenvalue weighted by Crippen LogP contribution is 2.22. The summed E-state index contributed by atoms with van der Waals surface area (Å²) >= 11 is 0. The third-order valence-corrected chi connectivity index (χ3v) is 6.72. The normalized spacial score (nSPS) is 20.3. The van der Waals surface area contributed by atoms with Crippen LogP contribution >= 0.6 is 0 Å². The van der Waals surface area contributed by atoms with Gasteiger partial charge in [0.25, 0.3) is 0 Å². The lowest BCUT2D eigenvalue weighted by molar-refractivity contribution is 0.0339. The minimum Gasteiger partial charge on any atom is -0.370 e. The Bertz CT molecular complexity index is 1090. The first-order chi connectivity index (χ1) is 15.6. The monoisotopic (exact) mass is 430 g/mol. The van der Waals surface area contributed by atoms with Crippen molar-refractivity contribution in [2.75, 3.05) is 0 Å². The number of hydrogen-bond donors (Lipinski definition) is 1. The summed E-state index contributed by atoms with van der Waals surface area (Å²) in [6, 6.07) is 15.3. The molecule has 32 heavy (non-hydrogen) atoms. The second kappa shape index (κ2) is 9.35. The lowest BCUT2D eigenvalue weighted by Crippen LogP contribution is -2.31. The molecule has 4 bridgehead atoms. The second-order valence-corrected chi connectivity index (χ2v) is 9.08. The highest BCUT2D eigenvalue weighted by molar-refractivity contribution is 5.97. The third-order valence-electron chi connectivity index (χ3n) is 6.72. The van der Waals surface area contributed by atoms with E-state index < -0.39 is 0 Å². The van der Waals surface area contributed by atoms with Crippen LogP contribution in [0.25, 0.3) is 0 Å². The molecule has 1 saturated carbocycles. The number of ketones is 1. The first-order valence-electron chi connectivity index (χ1n) is 11.6. The summed E-state index contributed by atoms with van der Waals surface area (Å²) in [6.45, 7) is 0.561. The van der Waals surface area contributed by atoms with E-state index in [4.69, 9.17) is 10.5 Å². The zero-order valence-electron chi connectivity index (χ0n) is 18.4. The molecular formula is C26H30N4O2. The molecule has 0 aliphatic heterocycles. The molecule has 0 radical (unpaired) electrons. The van der Waals surface area contributed by atoms with Crippen LogP contribution in [0.4, 0.5) is 0 Å². The van der Waals surface area contributed by atoms with E-state index in [0.29, 0.717) is 6.61 Å². The minimum absolute atomic E-state index is 0.0722. The fourth-order valence-corrected chi connectivity index (χ4v) is 4.77. The number of nitrogens with zero attached hydrogens (tertiary/aromatic N) is 3. The SMILES string of the molecule is N[C@H]1CCC[C@@H]1OCc1cn(CC(=O)c2cc3ccc2CCc2ccc(cc2)CC3)nn1. The van der Waals surface area contributed by atoms with Gasteiger partial charge in [-0.15, -0.1) is 5.10 Å². The van der Waals surface area contributed by atoms with E-state index in [1.54, 1.807) is 10.9 Å². The van der Waals surface area contributed by atoms with E-state index in [2.05, 4.69) is 52.8 Å². The van der Waals surface area contributed by atoms with Crippen LogP contribution in [0.5, 0.6) is 0 Å². The molecule has 0 spiro atoms. The Morgan fingerprint density at radius 2 is 1.72 bits per heavy atom. The molecule has 1 heterocycles. The van der Waals surface area contributed by atoms with E-state index in [1.807, 2.05) is 0 Å². The van der Waals surface area contributed by atoms with Crippen LogP contribution in [0.1, 0.15) is 57.6 Å². The Balaban J connectivity index is 1.28. The molecule has 1 fully saturated rings. The Labute approximate surface area is 188 Å². The number of ether oxygens (including phenoxy) is 1. The van der Waals surface area contributed by atoms with Gasteiger partial charge in [-0.25, -0.2) is 4.68 Å². The number of nitrogens with two attached hydrogens (primary N) is 1. The molecule has 5 aliphatic carbocycles. The van der Waals surface area contributed by atoms with Crippen molar-refractivity contribution in [2.45, 2.75) is 70.2 Å². The van der Waals surface area contributed by atoms with Gasteiger partial charge in [-0.1, -0.05) is 41.6 Å². The molecule has 6 nitrogen and oxygen atoms in total. The van der Waals surface area contributed by atoms with Crippen LogP contribution in [-0.4, -0.2) is 32.9 Å². The summed E-state index contributed by atoms with van der Waals surface area (Å²) < 4.78 is 7.53. The lowest BCUT2D eigenvalue weighted by Gasteiger charge is -2.15. The number of carbonyl (C=O) groups excluding carboxylic acids is 1. The molecule has 2 atom stereocenters. The van der Waals surface area contributed by atoms with E-state index in [0.717, 1.165) is 61.8 Å². The Morgan fingerprint density at radius 3 is 2.47 bits per heavy atom. The fraction of sp³-hybridized carbons (Fsp3) is 0.423. The lowest BCUT2D eigenvalue weighted by atomic mass is 9.92. The quantitative estimate of drug-likeness (QED) is 0.606. The van der Waals surface area contributed by atoms with Crippen LogP contribution in [0.3, 0.4) is 0 Å². The van der Waals surface area contributed by atoms with Gasteiger partial charge in [0.1, 0.15) is 12.2 Å². The van der Waals surface area contributed by atoms with E-state index in [-0.39, 0.29) is 24.5 Å². The molecule has 0 saturated heterocycles. The van der Waals surface area contributed by atoms with Crippen LogP contribution in [-0.2, 0) is 43.6 Å². The number of carbonyl (C=O) groups is 1. The highest BCUT2D eigenvalue weighted by atomic mass is 16.5. The van der Waals surface area contributed by atoms with Gasteiger partial charge in [0.05, 0.1) is 18.9 Å². The van der Waals surface area contributed by atoms with Gasteiger partial charge in [-0.05, 0) is 73.3 Å². The Morgan fingerprint density at radius 1 is 1.00 bits per heavy atom. The average molecular weight is 431 g/mol. The van der Waals surface area contributed by atoms with Gasteiger partial charge in [-0.3, -0.25) is 4.79 Å². The van der Waals surface area contributed by atoms with Crippen molar-refractivity contribution in [3.8, 4) is 0 Å². The van der Waals surface area contributed by atoms with Gasteiger partial charge < -0.3 is 10.5 Å². The van der Waals surface area contributed by atoms with Gasteiger partial charge in [0.2, 0.25) is 0 Å². The maximum atomic E-state index is 13.2. The average Bonchev–Trinajstić information content (AvgIpc) is 3.42. The van der Waals surface area contributed by atoms with Crippen LogP contribution in [0, 0.1) is 0 Å². The summed E-state index contributed by atoms with van der Waals surface area (Å²) in [5.74, 6) is 0.0722. The Kier molecular flexibility index (Phi) is 6.14. The fourth-order valence-electron chi connectivity index (χ4n) is 4.77. The highest BCUT2D eigenvalue weighted by Gasteiger charge is 2.24. The van der Waals surface area contributed by atoms with Crippen molar-refractivity contribution in [3.63, 3.8) is 0 Å². The summed E-state index contributed by atoms with van der Waals surface area (Å²) in [7, 11) is 0. The zero-order chi connectivity index (χ0) is 21.9. The number of aromatic nitrogens is 3. The molecule has 166 valence electrons. The zero-order valence-corrected chi connectivity index (χ0v) is 18.4. The maximum absolute atomic E-state index is 13.2. The molecule has 8 rings (SSSR count). The molecule has 2 aromatic carbocycles. The van der Waals surface area contributed by atoms with Crippen LogP contribution < -0.4 is 5.73 Å². The van der Waals surface area contributed by atoms with Crippen molar-refractivity contribution in [1.82, 2.24) is 15.0 Å². The van der Waals surface area contributed by atoms with Crippen molar-refractivity contribution >= 4 is 5.78 Å². The molecule has 5 aliphatic rings. The van der Waals surface area contributed by atoms with Gasteiger partial charge in [0.15, 0.2) is 5.78 Å². The minimum atomic E-state index is 0.0722. The third kappa shape index (κ3) is 4.81. The summed E-state index contributed by atoms with van der Waals surface area (Å²) in [6.07, 6.45) is 8.69. The molecule has 3 aromatic rings. The van der Waals surface area contributed by atoms with Crippen molar-refractivity contribution in [3.05, 3.63) is 82.2 Å². The first kappa shape index (κ1) is 21.0. The van der Waals surface area contributed by atoms with Gasteiger partial charge in [-0.2, -0.15) is 0 Å². The molecule has 2 N–H and O–H groups in total. The number of rotatable bonds is 6.